The molecular weight excluding hydrogens is 354 g/mol. The van der Waals surface area contributed by atoms with Crippen LogP contribution in [0.4, 0.5) is 0 Å². The maximum atomic E-state index is 12.1. The Kier molecular flexibility index (Phi) is 5.69. The summed E-state index contributed by atoms with van der Waals surface area (Å²) in [6.07, 6.45) is 3.60. The molecule has 0 aliphatic heterocycles. The molecule has 28 heavy (non-hydrogen) atoms. The van der Waals surface area contributed by atoms with Gasteiger partial charge in [0.2, 0.25) is 5.91 Å². The Bertz CT molecular complexity index is 1010. The van der Waals surface area contributed by atoms with Gasteiger partial charge in [0.05, 0.1) is 17.4 Å². The number of hydrogen-bond donors (Lipinski definition) is 0. The van der Waals surface area contributed by atoms with Crippen LogP contribution in [0, 0.1) is 6.92 Å². The molecule has 1 aromatic heterocycles. The van der Waals surface area contributed by atoms with Crippen LogP contribution in [0.1, 0.15) is 11.1 Å². The third-order valence-electron chi connectivity index (χ3n) is 4.28. The van der Waals surface area contributed by atoms with E-state index in [-0.39, 0.29) is 6.54 Å². The number of likely N-dealkylation sites (N-methyl/N-ethyl adjacent to an activating group) is 1. The third-order valence-corrected chi connectivity index (χ3v) is 4.28. The van der Waals surface area contributed by atoms with E-state index in [2.05, 4.69) is 0 Å². The van der Waals surface area contributed by atoms with E-state index < -0.39 is 11.9 Å². The lowest BCUT2D eigenvalue weighted by molar-refractivity contribution is -0.297. The number of nitrogens with zero attached hydrogens (tertiary/aromatic N) is 3. The van der Waals surface area contributed by atoms with Crippen LogP contribution in [0.25, 0.3) is 16.9 Å². The number of rotatable bonds is 6. The first kappa shape index (κ1) is 19.1. The number of carboxylic acid groups (broad SMARTS) is 1. The quantitative estimate of drug-likeness (QED) is 0.619. The monoisotopic (exact) mass is 374 g/mol. The number of para-hydroxylation sites is 1. The van der Waals surface area contributed by atoms with E-state index in [0.717, 1.165) is 40.2 Å². The van der Waals surface area contributed by atoms with Gasteiger partial charge in [-0.3, -0.25) is 4.79 Å². The summed E-state index contributed by atoms with van der Waals surface area (Å²) in [6.45, 7) is 2.30. The average Bonchev–Trinajstić information content (AvgIpc) is 3.11. The van der Waals surface area contributed by atoms with Crippen molar-refractivity contribution in [3.05, 3.63) is 84.1 Å². The van der Waals surface area contributed by atoms with E-state index in [1.807, 2.05) is 67.7 Å². The zero-order chi connectivity index (χ0) is 20.1. The minimum Gasteiger partial charge on any atom is -0.545 e. The van der Waals surface area contributed by atoms with Crippen LogP contribution in [0.3, 0.4) is 0 Å². The fourth-order valence-corrected chi connectivity index (χ4v) is 2.79. The van der Waals surface area contributed by atoms with E-state index in [0.29, 0.717) is 0 Å². The standard InChI is InChI=1S/C22H21N3O3/c1-16-8-10-17(11-9-16)22-18(14-24(2)20(26)12-13-21(27)28)15-25(23-22)19-6-4-3-5-7-19/h3-13,15H,14H2,1-2H3,(H,27,28)/p-1/b13-12+. The molecule has 142 valence electrons. The Morgan fingerprint density at radius 1 is 1.07 bits per heavy atom. The second-order valence-electron chi connectivity index (χ2n) is 6.50. The van der Waals surface area contributed by atoms with Gasteiger partial charge >= 0.3 is 0 Å². The topological polar surface area (TPSA) is 78.3 Å². The molecule has 0 atom stereocenters. The van der Waals surface area contributed by atoms with Crippen molar-refractivity contribution in [2.45, 2.75) is 13.5 Å². The molecule has 6 heteroatoms. The first-order chi connectivity index (χ1) is 13.4. The molecule has 6 nitrogen and oxygen atoms in total. The number of carboxylic acids is 1. The number of amides is 1. The maximum Gasteiger partial charge on any atom is 0.246 e. The number of hydrogen-bond acceptors (Lipinski definition) is 4. The van der Waals surface area contributed by atoms with Gasteiger partial charge in [-0.1, -0.05) is 48.0 Å². The van der Waals surface area contributed by atoms with E-state index in [1.54, 1.807) is 11.7 Å². The molecule has 3 aromatic rings. The second kappa shape index (κ2) is 8.35. The second-order valence-corrected chi connectivity index (χ2v) is 6.50. The van der Waals surface area contributed by atoms with Crippen LogP contribution in [-0.4, -0.2) is 33.6 Å². The Hall–Kier alpha value is -3.67. The lowest BCUT2D eigenvalue weighted by atomic mass is 10.1. The first-order valence-corrected chi connectivity index (χ1v) is 8.79. The van der Waals surface area contributed by atoms with Crippen molar-refractivity contribution in [1.29, 1.82) is 0 Å². The van der Waals surface area contributed by atoms with Crippen LogP contribution in [0.2, 0.25) is 0 Å². The predicted octanol–water partition coefficient (Wildman–Crippen LogP) is 2.11. The minimum atomic E-state index is -1.40. The molecule has 0 aliphatic carbocycles. The molecule has 0 aliphatic rings. The molecule has 0 fully saturated rings. The number of aliphatic carboxylic acids is 1. The van der Waals surface area contributed by atoms with Crippen molar-refractivity contribution in [2.75, 3.05) is 7.05 Å². The van der Waals surface area contributed by atoms with Gasteiger partial charge in [-0.2, -0.15) is 5.10 Å². The molecule has 2 aromatic carbocycles. The highest BCUT2D eigenvalue weighted by Crippen LogP contribution is 2.25. The highest BCUT2D eigenvalue weighted by Gasteiger charge is 2.15. The van der Waals surface area contributed by atoms with Gasteiger partial charge in [0, 0.05) is 37.0 Å². The van der Waals surface area contributed by atoms with Crippen LogP contribution in [-0.2, 0) is 16.1 Å². The van der Waals surface area contributed by atoms with Gasteiger partial charge in [0.1, 0.15) is 0 Å². The first-order valence-electron chi connectivity index (χ1n) is 8.79. The highest BCUT2D eigenvalue weighted by atomic mass is 16.4. The molecular formula is C22H20N3O3-. The van der Waals surface area contributed by atoms with Crippen molar-refractivity contribution in [2.24, 2.45) is 0 Å². The van der Waals surface area contributed by atoms with E-state index in [4.69, 9.17) is 5.10 Å². The summed E-state index contributed by atoms with van der Waals surface area (Å²) < 4.78 is 1.78. The van der Waals surface area contributed by atoms with E-state index >= 15 is 0 Å². The largest absolute Gasteiger partial charge is 0.545 e. The smallest absolute Gasteiger partial charge is 0.246 e. The summed E-state index contributed by atoms with van der Waals surface area (Å²) in [5.74, 6) is -1.83. The van der Waals surface area contributed by atoms with Gasteiger partial charge in [-0.25, -0.2) is 4.68 Å². The Balaban J connectivity index is 1.96. The summed E-state index contributed by atoms with van der Waals surface area (Å²) >= 11 is 0. The van der Waals surface area contributed by atoms with Gasteiger partial charge in [-0.05, 0) is 25.1 Å². The zero-order valence-electron chi connectivity index (χ0n) is 15.7. The summed E-state index contributed by atoms with van der Waals surface area (Å²) in [7, 11) is 1.61. The Morgan fingerprint density at radius 3 is 2.39 bits per heavy atom. The molecule has 3 rings (SSSR count). The van der Waals surface area contributed by atoms with Crippen molar-refractivity contribution in [3.63, 3.8) is 0 Å². The molecule has 0 saturated heterocycles. The Morgan fingerprint density at radius 2 is 1.75 bits per heavy atom. The number of aromatic nitrogens is 2. The normalized spacial score (nSPS) is 10.9. The minimum absolute atomic E-state index is 0.284. The fourth-order valence-electron chi connectivity index (χ4n) is 2.79. The highest BCUT2D eigenvalue weighted by molar-refractivity contribution is 5.93. The molecule has 0 bridgehead atoms. The number of aryl methyl sites for hydroxylation is 1. The SMILES string of the molecule is Cc1ccc(-c2nn(-c3ccccc3)cc2CN(C)C(=O)/C=C/C(=O)[O-])cc1. The zero-order valence-corrected chi connectivity index (χ0v) is 15.7. The Labute approximate surface area is 163 Å². The van der Waals surface area contributed by atoms with Gasteiger partial charge in [0.15, 0.2) is 0 Å². The van der Waals surface area contributed by atoms with Crippen LogP contribution in [0.5, 0.6) is 0 Å². The average molecular weight is 374 g/mol. The molecule has 0 radical (unpaired) electrons. The summed E-state index contributed by atoms with van der Waals surface area (Å²) in [5.41, 5.74) is 4.62. The lowest BCUT2D eigenvalue weighted by Crippen LogP contribution is -2.26. The summed E-state index contributed by atoms with van der Waals surface area (Å²) in [5, 5.41) is 15.3. The maximum absolute atomic E-state index is 12.1. The third kappa shape index (κ3) is 4.54. The van der Waals surface area contributed by atoms with Gasteiger partial charge < -0.3 is 14.8 Å². The number of carbonyl (C=O) groups excluding carboxylic acids is 2. The molecule has 0 N–H and O–H groups in total. The summed E-state index contributed by atoms with van der Waals surface area (Å²) in [6, 6.07) is 17.7. The van der Waals surface area contributed by atoms with Gasteiger partial charge in [0.25, 0.3) is 0 Å². The summed E-state index contributed by atoms with van der Waals surface area (Å²) in [4.78, 5) is 24.1. The van der Waals surface area contributed by atoms with Gasteiger partial charge in [-0.15, -0.1) is 0 Å². The predicted molar refractivity (Wildman–Crippen MR) is 104 cm³/mol. The van der Waals surface area contributed by atoms with Crippen LogP contribution < -0.4 is 5.11 Å². The number of carbonyl (C=O) groups is 2. The van der Waals surface area contributed by atoms with E-state index in [1.165, 1.54) is 4.90 Å². The molecule has 0 unspecified atom stereocenters. The molecule has 1 amide bonds. The van der Waals surface area contributed by atoms with Crippen molar-refractivity contribution >= 4 is 11.9 Å². The van der Waals surface area contributed by atoms with Crippen LogP contribution in [0.15, 0.2) is 72.9 Å². The molecule has 1 heterocycles. The molecule has 0 saturated carbocycles. The van der Waals surface area contributed by atoms with Crippen molar-refractivity contribution < 1.29 is 14.7 Å². The van der Waals surface area contributed by atoms with E-state index in [9.17, 15) is 14.7 Å². The number of benzene rings is 2. The fraction of sp³-hybridized carbons (Fsp3) is 0.136. The lowest BCUT2D eigenvalue weighted by Gasteiger charge is -2.15. The van der Waals surface area contributed by atoms with Crippen molar-refractivity contribution in [1.82, 2.24) is 14.7 Å². The van der Waals surface area contributed by atoms with Crippen molar-refractivity contribution in [3.8, 4) is 16.9 Å². The molecule has 0 spiro atoms. The van der Waals surface area contributed by atoms with Crippen LogP contribution >= 0.6 is 0 Å².